The predicted octanol–water partition coefficient (Wildman–Crippen LogP) is 3.60. The first-order valence-electron chi connectivity index (χ1n) is 7.93. The smallest absolute Gasteiger partial charge is 0.176 e. The molecular formula is C19H18N6O. The number of aryl methyl sites for hydroxylation is 1. The summed E-state index contributed by atoms with van der Waals surface area (Å²) in [6.07, 6.45) is 1.03. The summed E-state index contributed by atoms with van der Waals surface area (Å²) in [6.45, 7) is 1.87. The second kappa shape index (κ2) is 7.89. The molecule has 0 radical (unpaired) electrons. The van der Waals surface area contributed by atoms with Crippen molar-refractivity contribution in [2.75, 3.05) is 0 Å². The Labute approximate surface area is 150 Å². The Bertz CT molecular complexity index is 959. The lowest BCUT2D eigenvalue weighted by molar-refractivity contribution is 0.482. The van der Waals surface area contributed by atoms with Gasteiger partial charge in [-0.3, -0.25) is 5.10 Å². The number of aromatic amines is 1. The third-order valence-corrected chi connectivity index (χ3v) is 3.39. The molecule has 0 saturated carbocycles. The van der Waals surface area contributed by atoms with Gasteiger partial charge in [0.25, 0.3) is 0 Å². The van der Waals surface area contributed by atoms with E-state index in [1.807, 2.05) is 55.5 Å². The van der Waals surface area contributed by atoms with Crippen molar-refractivity contribution in [2.45, 2.75) is 6.92 Å². The number of hydrogen-bond donors (Lipinski definition) is 3. The van der Waals surface area contributed by atoms with E-state index in [2.05, 4.69) is 20.2 Å². The fourth-order valence-electron chi connectivity index (χ4n) is 2.20. The van der Waals surface area contributed by atoms with E-state index in [4.69, 9.17) is 15.9 Å². The van der Waals surface area contributed by atoms with Crippen LogP contribution in [0.15, 0.2) is 70.6 Å². The van der Waals surface area contributed by atoms with Crippen molar-refractivity contribution in [3.8, 4) is 11.5 Å². The summed E-state index contributed by atoms with van der Waals surface area (Å²) in [5.74, 6) is 2.21. The van der Waals surface area contributed by atoms with Gasteiger partial charge < -0.3 is 15.9 Å². The molecule has 0 fully saturated rings. The van der Waals surface area contributed by atoms with Crippen LogP contribution >= 0.6 is 0 Å². The molecular weight excluding hydrogens is 328 g/mol. The topological polar surface area (TPSA) is 112 Å². The highest BCUT2D eigenvalue weighted by Gasteiger charge is 2.05. The number of hydrogen-bond acceptors (Lipinski definition) is 4. The zero-order chi connectivity index (χ0) is 18.4. The van der Waals surface area contributed by atoms with E-state index in [0.717, 1.165) is 17.7 Å². The monoisotopic (exact) mass is 346 g/mol. The molecule has 3 rings (SSSR count). The summed E-state index contributed by atoms with van der Waals surface area (Å²) in [7, 11) is 0. The van der Waals surface area contributed by atoms with E-state index in [0.29, 0.717) is 17.1 Å². The molecule has 1 heterocycles. The molecule has 7 nitrogen and oxygen atoms in total. The summed E-state index contributed by atoms with van der Waals surface area (Å²) in [4.78, 5) is 8.40. The third kappa shape index (κ3) is 4.41. The molecule has 3 aromatic rings. The number of nitrogens with zero attached hydrogens (tertiary/aromatic N) is 3. The minimum atomic E-state index is 0.156. The molecule has 4 N–H and O–H groups in total. The van der Waals surface area contributed by atoms with Crippen LogP contribution in [0, 0.1) is 12.3 Å². The molecule has 7 heteroatoms. The number of aromatic nitrogens is 2. The number of nitrogens with two attached hydrogens (primary N) is 1. The maximum absolute atomic E-state index is 7.48. The van der Waals surface area contributed by atoms with E-state index in [-0.39, 0.29) is 11.7 Å². The first-order chi connectivity index (χ1) is 12.6. The quantitative estimate of drug-likeness (QED) is 0.484. The Balaban J connectivity index is 1.83. The number of amidine groups is 2. The fraction of sp³-hybridized carbons (Fsp3) is 0.0526. The molecule has 26 heavy (non-hydrogen) atoms. The molecule has 0 bridgehead atoms. The Morgan fingerprint density at radius 2 is 1.88 bits per heavy atom. The molecule has 0 atom stereocenters. The van der Waals surface area contributed by atoms with Crippen molar-refractivity contribution < 1.29 is 4.74 Å². The summed E-state index contributed by atoms with van der Waals surface area (Å²) in [5, 5.41) is 14.3. The van der Waals surface area contributed by atoms with Crippen molar-refractivity contribution in [1.29, 1.82) is 5.41 Å². The maximum atomic E-state index is 7.48. The number of rotatable bonds is 5. The van der Waals surface area contributed by atoms with E-state index in [9.17, 15) is 0 Å². The second-order valence-electron chi connectivity index (χ2n) is 5.46. The number of H-pyrrole nitrogens is 1. The number of aliphatic imine (C=N–C) groups is 2. The zero-order valence-corrected chi connectivity index (χ0v) is 14.2. The molecule has 0 aliphatic heterocycles. The van der Waals surface area contributed by atoms with Crippen LogP contribution in [-0.4, -0.2) is 28.1 Å². The molecule has 1 aromatic heterocycles. The second-order valence-corrected chi connectivity index (χ2v) is 5.46. The largest absolute Gasteiger partial charge is 0.457 e. The Morgan fingerprint density at radius 1 is 1.12 bits per heavy atom. The van der Waals surface area contributed by atoms with Gasteiger partial charge in [-0.2, -0.15) is 5.10 Å². The van der Waals surface area contributed by atoms with Crippen LogP contribution in [0.5, 0.6) is 11.5 Å². The molecule has 0 spiro atoms. The van der Waals surface area contributed by atoms with Gasteiger partial charge in [-0.25, -0.2) is 9.98 Å². The normalized spacial score (nSPS) is 12.0. The van der Waals surface area contributed by atoms with Crippen molar-refractivity contribution >= 4 is 23.7 Å². The van der Waals surface area contributed by atoms with Crippen LogP contribution in [0.25, 0.3) is 0 Å². The minimum Gasteiger partial charge on any atom is -0.457 e. The number of ether oxygens (including phenoxy) is 1. The van der Waals surface area contributed by atoms with Crippen LogP contribution in [0.3, 0.4) is 0 Å². The van der Waals surface area contributed by atoms with Gasteiger partial charge in [-0.1, -0.05) is 30.3 Å². The minimum absolute atomic E-state index is 0.156. The van der Waals surface area contributed by atoms with Crippen LogP contribution in [-0.2, 0) is 0 Å². The van der Waals surface area contributed by atoms with Gasteiger partial charge in [0.05, 0.1) is 6.21 Å². The number of benzene rings is 2. The SMILES string of the molecule is Cc1cc(N=C(C=N)N=C(N)c2cccc(Oc3ccccc3)c2)n[nH]1. The average Bonchev–Trinajstić information content (AvgIpc) is 3.07. The molecule has 2 aromatic carbocycles. The van der Waals surface area contributed by atoms with Crippen LogP contribution in [0.2, 0.25) is 0 Å². The lowest BCUT2D eigenvalue weighted by Crippen LogP contribution is -2.16. The third-order valence-electron chi connectivity index (χ3n) is 3.39. The van der Waals surface area contributed by atoms with Gasteiger partial charge in [-0.05, 0) is 31.2 Å². The van der Waals surface area contributed by atoms with Gasteiger partial charge in [0.1, 0.15) is 17.3 Å². The van der Waals surface area contributed by atoms with Crippen LogP contribution < -0.4 is 10.5 Å². The van der Waals surface area contributed by atoms with Gasteiger partial charge in [-0.15, -0.1) is 0 Å². The van der Waals surface area contributed by atoms with Gasteiger partial charge >= 0.3 is 0 Å². The first kappa shape index (κ1) is 17.1. The Kier molecular flexibility index (Phi) is 5.19. The van der Waals surface area contributed by atoms with E-state index in [1.54, 1.807) is 12.1 Å². The Morgan fingerprint density at radius 3 is 2.58 bits per heavy atom. The standard InChI is InChI=1S/C19H18N6O/c1-13-10-17(25-24-13)22-18(12-20)23-19(21)14-6-5-9-16(11-14)26-15-7-3-2-4-8-15/h2-12,20H,1H3,(H3,21,22,23,24,25). The molecule has 0 unspecified atom stereocenters. The fourth-order valence-corrected chi connectivity index (χ4v) is 2.20. The molecule has 0 aliphatic carbocycles. The molecule has 0 aliphatic rings. The summed E-state index contributed by atoms with van der Waals surface area (Å²) >= 11 is 0. The lowest BCUT2D eigenvalue weighted by atomic mass is 10.2. The van der Waals surface area contributed by atoms with E-state index >= 15 is 0 Å². The summed E-state index contributed by atoms with van der Waals surface area (Å²) < 4.78 is 5.80. The van der Waals surface area contributed by atoms with E-state index < -0.39 is 0 Å². The van der Waals surface area contributed by atoms with Crippen molar-refractivity contribution in [3.63, 3.8) is 0 Å². The molecule has 0 saturated heterocycles. The summed E-state index contributed by atoms with van der Waals surface area (Å²) in [6, 6.07) is 18.5. The first-order valence-corrected chi connectivity index (χ1v) is 7.93. The number of nitrogens with one attached hydrogen (secondary N) is 2. The lowest BCUT2D eigenvalue weighted by Gasteiger charge is -2.07. The maximum Gasteiger partial charge on any atom is 0.176 e. The van der Waals surface area contributed by atoms with Gasteiger partial charge in [0.15, 0.2) is 11.7 Å². The number of para-hydroxylation sites is 1. The zero-order valence-electron chi connectivity index (χ0n) is 14.2. The predicted molar refractivity (Wildman–Crippen MR) is 103 cm³/mol. The Hall–Kier alpha value is -3.74. The molecule has 0 amide bonds. The van der Waals surface area contributed by atoms with Crippen LogP contribution in [0.1, 0.15) is 11.3 Å². The highest BCUT2D eigenvalue weighted by atomic mass is 16.5. The highest BCUT2D eigenvalue weighted by molar-refractivity contribution is 6.32. The molecule has 130 valence electrons. The van der Waals surface area contributed by atoms with Gasteiger partial charge in [0.2, 0.25) is 0 Å². The average molecular weight is 346 g/mol. The van der Waals surface area contributed by atoms with Crippen molar-refractivity contribution in [1.82, 2.24) is 10.2 Å². The summed E-state index contributed by atoms with van der Waals surface area (Å²) in [5.41, 5.74) is 7.62. The van der Waals surface area contributed by atoms with Crippen LogP contribution in [0.4, 0.5) is 5.82 Å². The van der Waals surface area contributed by atoms with Crippen molar-refractivity contribution in [3.05, 3.63) is 71.9 Å². The highest BCUT2D eigenvalue weighted by Crippen LogP contribution is 2.21. The van der Waals surface area contributed by atoms with Crippen molar-refractivity contribution in [2.24, 2.45) is 15.7 Å². The van der Waals surface area contributed by atoms with E-state index in [1.165, 1.54) is 0 Å². The van der Waals surface area contributed by atoms with Gasteiger partial charge in [0, 0.05) is 17.3 Å².